The van der Waals surface area contributed by atoms with Crippen molar-refractivity contribution in [3.63, 3.8) is 0 Å². The van der Waals surface area contributed by atoms with E-state index in [1.54, 1.807) is 6.20 Å². The average Bonchev–Trinajstić information content (AvgIpc) is 3.12. The van der Waals surface area contributed by atoms with Gasteiger partial charge in [-0.3, -0.25) is 5.32 Å². The van der Waals surface area contributed by atoms with Crippen LogP contribution in [0.1, 0.15) is 11.4 Å². The first kappa shape index (κ1) is 18.8. The van der Waals surface area contributed by atoms with Crippen LogP contribution < -0.4 is 10.2 Å². The van der Waals surface area contributed by atoms with Gasteiger partial charge in [0.15, 0.2) is 11.0 Å². The van der Waals surface area contributed by atoms with Crippen LogP contribution in [0.5, 0.6) is 0 Å². The second kappa shape index (κ2) is 8.64. The van der Waals surface area contributed by atoms with Crippen molar-refractivity contribution in [1.82, 2.24) is 24.8 Å². The van der Waals surface area contributed by atoms with Crippen LogP contribution in [0.15, 0.2) is 36.5 Å². The quantitative estimate of drug-likeness (QED) is 0.684. The van der Waals surface area contributed by atoms with Crippen molar-refractivity contribution in [2.24, 2.45) is 0 Å². The normalized spacial score (nSPS) is 15.3. The molecule has 0 aliphatic carbocycles. The van der Waals surface area contributed by atoms with Crippen LogP contribution >= 0.6 is 22.9 Å². The van der Waals surface area contributed by atoms with E-state index in [9.17, 15) is 0 Å². The van der Waals surface area contributed by atoms with Gasteiger partial charge in [0, 0.05) is 26.2 Å². The Morgan fingerprint density at radius 1 is 1.04 bits per heavy atom. The first-order valence-electron chi connectivity index (χ1n) is 8.97. The molecule has 1 aliphatic heterocycles. The van der Waals surface area contributed by atoms with Crippen molar-refractivity contribution < 1.29 is 0 Å². The number of anilines is 3. The highest BCUT2D eigenvalue weighted by Gasteiger charge is 2.18. The van der Waals surface area contributed by atoms with Crippen LogP contribution in [-0.2, 0) is 0 Å². The monoisotopic (exact) mass is 413 g/mol. The minimum atomic E-state index is 0.461. The first-order chi connectivity index (χ1) is 13.7. The van der Waals surface area contributed by atoms with Crippen molar-refractivity contribution in [2.75, 3.05) is 43.4 Å². The Labute approximate surface area is 172 Å². The second-order valence-corrected chi connectivity index (χ2v) is 8.11. The molecule has 3 aromatic rings. The summed E-state index contributed by atoms with van der Waals surface area (Å²) in [6, 6.07) is 10.1. The molecule has 2 aromatic heterocycles. The smallest absolute Gasteiger partial charge is 0.234 e. The van der Waals surface area contributed by atoms with Crippen molar-refractivity contribution in [2.45, 2.75) is 0 Å². The molecule has 0 radical (unpaired) electrons. The largest absolute Gasteiger partial charge is 0.338 e. The number of nitrogens with zero attached hydrogens (tertiary/aromatic N) is 6. The summed E-state index contributed by atoms with van der Waals surface area (Å²) in [5.41, 5.74) is 1.09. The Morgan fingerprint density at radius 3 is 2.54 bits per heavy atom. The van der Waals surface area contributed by atoms with E-state index in [1.165, 1.54) is 11.3 Å². The van der Waals surface area contributed by atoms with Crippen LogP contribution in [0.3, 0.4) is 0 Å². The number of hydrogen-bond acceptors (Lipinski definition) is 8. The number of likely N-dealkylation sites (N-methyl/N-ethyl adjacent to an activating group) is 1. The Bertz CT molecular complexity index is 952. The molecule has 7 nitrogen and oxygen atoms in total. The van der Waals surface area contributed by atoms with Crippen molar-refractivity contribution >= 4 is 52.1 Å². The number of aromatic nitrogens is 4. The van der Waals surface area contributed by atoms with E-state index in [1.807, 2.05) is 42.5 Å². The molecule has 0 spiro atoms. The van der Waals surface area contributed by atoms with Gasteiger partial charge in [-0.05, 0) is 18.7 Å². The van der Waals surface area contributed by atoms with Gasteiger partial charge in [0.05, 0.1) is 6.20 Å². The van der Waals surface area contributed by atoms with E-state index in [-0.39, 0.29) is 0 Å². The van der Waals surface area contributed by atoms with Crippen molar-refractivity contribution in [1.29, 1.82) is 0 Å². The van der Waals surface area contributed by atoms with Gasteiger partial charge in [0.25, 0.3) is 0 Å². The van der Waals surface area contributed by atoms with E-state index < -0.39 is 0 Å². The Hall–Kier alpha value is -2.55. The lowest BCUT2D eigenvalue weighted by Crippen LogP contribution is -2.45. The Balaban J connectivity index is 1.62. The summed E-state index contributed by atoms with van der Waals surface area (Å²) in [7, 11) is 2.12. The van der Waals surface area contributed by atoms with Crippen molar-refractivity contribution in [3.05, 3.63) is 52.3 Å². The molecule has 0 bridgehead atoms. The van der Waals surface area contributed by atoms with Crippen LogP contribution in [0, 0.1) is 0 Å². The van der Waals surface area contributed by atoms with E-state index >= 15 is 0 Å². The second-order valence-electron chi connectivity index (χ2n) is 6.45. The lowest BCUT2D eigenvalue weighted by molar-refractivity contribution is 0.311. The van der Waals surface area contributed by atoms with Crippen LogP contribution in [0.25, 0.3) is 12.2 Å². The summed E-state index contributed by atoms with van der Waals surface area (Å²) in [5, 5.41) is 3.79. The zero-order chi connectivity index (χ0) is 19.3. The Morgan fingerprint density at radius 2 is 1.82 bits per heavy atom. The summed E-state index contributed by atoms with van der Waals surface area (Å²) < 4.78 is 0.611. The third-order valence-electron chi connectivity index (χ3n) is 4.35. The van der Waals surface area contributed by atoms with Gasteiger partial charge in [0.1, 0.15) is 4.34 Å². The minimum Gasteiger partial charge on any atom is -0.338 e. The molecule has 28 heavy (non-hydrogen) atoms. The molecule has 1 aliphatic rings. The number of benzene rings is 1. The summed E-state index contributed by atoms with van der Waals surface area (Å²) in [5.74, 6) is 1.72. The topological polar surface area (TPSA) is 70.1 Å². The van der Waals surface area contributed by atoms with E-state index in [0.29, 0.717) is 27.2 Å². The van der Waals surface area contributed by atoms with Gasteiger partial charge >= 0.3 is 0 Å². The van der Waals surface area contributed by atoms with Gasteiger partial charge < -0.3 is 9.80 Å². The standard InChI is InChI=1S/C19H20ClN7S/c1-26-9-11-27(12-10-26)18-23-16(8-7-14-5-3-2-4-6-14)22-17(24-18)25-19-21-13-15(20)28-19/h2-8,13H,9-12H2,1H3,(H,21,22,23,24,25)/b8-7+. The number of nitrogens with one attached hydrogen (secondary N) is 1. The summed E-state index contributed by atoms with van der Waals surface area (Å²) in [6.07, 6.45) is 5.50. The molecule has 0 amide bonds. The van der Waals surface area contributed by atoms with Crippen LogP contribution in [0.2, 0.25) is 4.34 Å². The SMILES string of the molecule is CN1CCN(c2nc(/C=C/c3ccccc3)nc(Nc3ncc(Cl)s3)n2)CC1. The maximum Gasteiger partial charge on any atom is 0.234 e. The number of halogens is 1. The molecular formula is C19H20ClN7S. The molecule has 3 heterocycles. The lowest BCUT2D eigenvalue weighted by Gasteiger charge is -2.32. The number of rotatable bonds is 5. The van der Waals surface area contributed by atoms with E-state index in [2.05, 4.69) is 42.1 Å². The van der Waals surface area contributed by atoms with Gasteiger partial charge in [-0.1, -0.05) is 59.3 Å². The predicted molar refractivity (Wildman–Crippen MR) is 115 cm³/mol. The predicted octanol–water partition coefficient (Wildman–Crippen LogP) is 3.65. The zero-order valence-electron chi connectivity index (χ0n) is 15.4. The molecule has 1 aromatic carbocycles. The molecule has 9 heteroatoms. The molecule has 1 saturated heterocycles. The molecule has 1 fully saturated rings. The fourth-order valence-corrected chi connectivity index (χ4v) is 3.61. The summed E-state index contributed by atoms with van der Waals surface area (Å²) in [4.78, 5) is 22.5. The van der Waals surface area contributed by atoms with Crippen molar-refractivity contribution in [3.8, 4) is 0 Å². The number of thiazole rings is 1. The summed E-state index contributed by atoms with van der Waals surface area (Å²) >= 11 is 7.33. The fraction of sp³-hybridized carbons (Fsp3) is 0.263. The highest BCUT2D eigenvalue weighted by Crippen LogP contribution is 2.25. The maximum atomic E-state index is 5.98. The molecule has 0 unspecified atom stereocenters. The molecule has 144 valence electrons. The highest BCUT2D eigenvalue weighted by molar-refractivity contribution is 7.19. The number of piperazine rings is 1. The Kier molecular flexibility index (Phi) is 5.80. The summed E-state index contributed by atoms with van der Waals surface area (Å²) in [6.45, 7) is 3.72. The van der Waals surface area contributed by atoms with Crippen LogP contribution in [0.4, 0.5) is 17.0 Å². The maximum absolute atomic E-state index is 5.98. The molecular weight excluding hydrogens is 394 g/mol. The van der Waals surface area contributed by atoms with E-state index in [4.69, 9.17) is 11.6 Å². The average molecular weight is 414 g/mol. The molecule has 0 atom stereocenters. The van der Waals surface area contributed by atoms with Crippen LogP contribution in [-0.4, -0.2) is 58.1 Å². The lowest BCUT2D eigenvalue weighted by atomic mass is 10.2. The van der Waals surface area contributed by atoms with Gasteiger partial charge in [-0.15, -0.1) is 0 Å². The van der Waals surface area contributed by atoms with Gasteiger partial charge in [-0.25, -0.2) is 4.98 Å². The third-order valence-corrected chi connectivity index (χ3v) is 5.38. The fourth-order valence-electron chi connectivity index (χ4n) is 2.80. The molecule has 0 saturated carbocycles. The zero-order valence-corrected chi connectivity index (χ0v) is 17.0. The minimum absolute atomic E-state index is 0.461. The van der Waals surface area contributed by atoms with Gasteiger partial charge in [0.2, 0.25) is 11.9 Å². The van der Waals surface area contributed by atoms with E-state index in [0.717, 1.165) is 31.7 Å². The highest BCUT2D eigenvalue weighted by atomic mass is 35.5. The molecule has 4 rings (SSSR count). The molecule has 1 N–H and O–H groups in total. The number of hydrogen-bond donors (Lipinski definition) is 1. The van der Waals surface area contributed by atoms with Gasteiger partial charge in [-0.2, -0.15) is 15.0 Å². The first-order valence-corrected chi connectivity index (χ1v) is 10.2. The third kappa shape index (κ3) is 4.83.